The number of halogens is 1. The number of rotatable bonds is 5. The summed E-state index contributed by atoms with van der Waals surface area (Å²) in [7, 11) is 1.45. The van der Waals surface area contributed by atoms with Crippen molar-refractivity contribution in [1.29, 1.82) is 0 Å². The lowest BCUT2D eigenvalue weighted by molar-refractivity contribution is -0.137. The van der Waals surface area contributed by atoms with Gasteiger partial charge in [-0.1, -0.05) is 0 Å². The van der Waals surface area contributed by atoms with Crippen molar-refractivity contribution in [2.24, 2.45) is 0 Å². The van der Waals surface area contributed by atoms with Crippen LogP contribution in [0.25, 0.3) is 0 Å². The number of carbonyl (C=O) groups is 3. The minimum absolute atomic E-state index is 0.0456. The zero-order chi connectivity index (χ0) is 17.0. The predicted octanol–water partition coefficient (Wildman–Crippen LogP) is 1.89. The van der Waals surface area contributed by atoms with Gasteiger partial charge in [0.25, 0.3) is 0 Å². The third-order valence-corrected chi connectivity index (χ3v) is 3.57. The summed E-state index contributed by atoms with van der Waals surface area (Å²) in [6.07, 6.45) is 0.936. The Hall–Kier alpha value is -2.64. The molecule has 0 bridgehead atoms. The number of benzene rings is 1. The number of carbonyl (C=O) groups excluding carboxylic acids is 2. The van der Waals surface area contributed by atoms with Gasteiger partial charge in [-0.05, 0) is 24.6 Å². The number of hydrogen-bond donors (Lipinski definition) is 2. The number of carboxylic acids is 1. The van der Waals surface area contributed by atoms with Crippen LogP contribution in [0.2, 0.25) is 0 Å². The van der Waals surface area contributed by atoms with E-state index in [0.717, 1.165) is 6.07 Å². The Kier molecular flexibility index (Phi) is 5.15. The molecule has 3 amide bonds. The van der Waals surface area contributed by atoms with Gasteiger partial charge in [0.2, 0.25) is 5.91 Å². The minimum Gasteiger partial charge on any atom is -0.481 e. The Morgan fingerprint density at radius 3 is 2.74 bits per heavy atom. The van der Waals surface area contributed by atoms with Crippen molar-refractivity contribution in [3.05, 3.63) is 24.0 Å². The van der Waals surface area contributed by atoms with E-state index in [1.807, 2.05) is 0 Å². The summed E-state index contributed by atoms with van der Waals surface area (Å²) < 4.78 is 14.1. The highest BCUT2D eigenvalue weighted by molar-refractivity contribution is 5.96. The largest absolute Gasteiger partial charge is 0.481 e. The number of nitrogens with zero attached hydrogens (tertiary/aromatic N) is 2. The number of anilines is 2. The van der Waals surface area contributed by atoms with Crippen LogP contribution in [-0.2, 0) is 9.59 Å². The second-order valence-corrected chi connectivity index (χ2v) is 5.31. The molecule has 23 heavy (non-hydrogen) atoms. The second-order valence-electron chi connectivity index (χ2n) is 5.31. The SMILES string of the molecule is CN(CCC(=O)O)C(=O)Nc1ccc(N2CCCC2=O)c(F)c1. The van der Waals surface area contributed by atoms with Crippen LogP contribution in [0.4, 0.5) is 20.6 Å². The Bertz CT molecular complexity index is 635. The first-order valence-corrected chi connectivity index (χ1v) is 7.22. The molecule has 8 heteroatoms. The molecule has 1 fully saturated rings. The van der Waals surface area contributed by atoms with Gasteiger partial charge < -0.3 is 20.2 Å². The summed E-state index contributed by atoms with van der Waals surface area (Å²) in [6.45, 7) is 0.531. The first kappa shape index (κ1) is 16.7. The number of aliphatic carboxylic acids is 1. The number of urea groups is 1. The molecule has 0 spiro atoms. The quantitative estimate of drug-likeness (QED) is 0.866. The second kappa shape index (κ2) is 7.08. The molecule has 7 nitrogen and oxygen atoms in total. The van der Waals surface area contributed by atoms with Crippen LogP contribution in [0.3, 0.4) is 0 Å². The third kappa shape index (κ3) is 4.18. The van der Waals surface area contributed by atoms with Gasteiger partial charge in [0.1, 0.15) is 5.82 Å². The van der Waals surface area contributed by atoms with Crippen LogP contribution in [0.1, 0.15) is 19.3 Å². The zero-order valence-corrected chi connectivity index (χ0v) is 12.7. The van der Waals surface area contributed by atoms with E-state index in [4.69, 9.17) is 5.11 Å². The third-order valence-electron chi connectivity index (χ3n) is 3.57. The van der Waals surface area contributed by atoms with Gasteiger partial charge in [-0.2, -0.15) is 0 Å². The Morgan fingerprint density at radius 2 is 2.17 bits per heavy atom. The normalized spacial score (nSPS) is 14.0. The maximum Gasteiger partial charge on any atom is 0.321 e. The molecular formula is C15H18FN3O4. The lowest BCUT2D eigenvalue weighted by atomic mass is 10.2. The molecule has 1 heterocycles. The number of amides is 3. The number of carboxylic acid groups (broad SMARTS) is 1. The van der Waals surface area contributed by atoms with Gasteiger partial charge in [0.05, 0.1) is 12.1 Å². The van der Waals surface area contributed by atoms with Crippen LogP contribution < -0.4 is 10.2 Å². The first-order valence-electron chi connectivity index (χ1n) is 7.22. The van der Waals surface area contributed by atoms with Gasteiger partial charge >= 0.3 is 12.0 Å². The lowest BCUT2D eigenvalue weighted by Gasteiger charge is -2.19. The van der Waals surface area contributed by atoms with E-state index in [1.54, 1.807) is 0 Å². The minimum atomic E-state index is -1.00. The molecule has 1 aliphatic heterocycles. The summed E-state index contributed by atoms with van der Waals surface area (Å²) in [5.74, 6) is -1.71. The summed E-state index contributed by atoms with van der Waals surface area (Å²) in [4.78, 5) is 36.6. The summed E-state index contributed by atoms with van der Waals surface area (Å²) in [6, 6.07) is 3.57. The molecule has 0 aromatic heterocycles. The number of nitrogens with one attached hydrogen (secondary N) is 1. The smallest absolute Gasteiger partial charge is 0.321 e. The highest BCUT2D eigenvalue weighted by Gasteiger charge is 2.24. The molecular weight excluding hydrogens is 305 g/mol. The monoisotopic (exact) mass is 323 g/mol. The predicted molar refractivity (Wildman–Crippen MR) is 81.9 cm³/mol. The molecule has 0 aliphatic carbocycles. The highest BCUT2D eigenvalue weighted by atomic mass is 19.1. The highest BCUT2D eigenvalue weighted by Crippen LogP contribution is 2.26. The molecule has 1 aromatic carbocycles. The van der Waals surface area contributed by atoms with Crippen LogP contribution in [-0.4, -0.2) is 48.1 Å². The van der Waals surface area contributed by atoms with E-state index in [2.05, 4.69) is 5.32 Å². The molecule has 0 unspecified atom stereocenters. The van der Waals surface area contributed by atoms with Crippen LogP contribution in [0, 0.1) is 5.82 Å². The first-order chi connectivity index (χ1) is 10.9. The Morgan fingerprint density at radius 1 is 1.43 bits per heavy atom. The molecule has 2 rings (SSSR count). The van der Waals surface area contributed by atoms with Crippen molar-refractivity contribution in [1.82, 2.24) is 4.90 Å². The standard InChI is InChI=1S/C15H18FN3O4/c1-18(8-6-14(21)22)15(23)17-10-4-5-12(11(16)9-10)19-7-2-3-13(19)20/h4-5,9H,2-3,6-8H2,1H3,(H,17,23)(H,21,22). The maximum atomic E-state index is 14.1. The van der Waals surface area contributed by atoms with Crippen molar-refractivity contribution in [3.63, 3.8) is 0 Å². The van der Waals surface area contributed by atoms with E-state index in [-0.39, 0.29) is 30.2 Å². The Balaban J connectivity index is 2.01. The molecule has 1 aliphatic rings. The van der Waals surface area contributed by atoms with Gasteiger partial charge in [0, 0.05) is 32.2 Å². The van der Waals surface area contributed by atoms with Crippen LogP contribution in [0.5, 0.6) is 0 Å². The molecule has 124 valence electrons. The molecule has 0 radical (unpaired) electrons. The molecule has 2 N–H and O–H groups in total. The zero-order valence-electron chi connectivity index (χ0n) is 12.7. The molecule has 1 saturated heterocycles. The van der Waals surface area contributed by atoms with Crippen molar-refractivity contribution in [2.45, 2.75) is 19.3 Å². The maximum absolute atomic E-state index is 14.1. The fourth-order valence-electron chi connectivity index (χ4n) is 2.29. The molecule has 0 saturated carbocycles. The van der Waals surface area contributed by atoms with Crippen LogP contribution >= 0.6 is 0 Å². The summed E-state index contributed by atoms with van der Waals surface area (Å²) in [5, 5.41) is 11.1. The summed E-state index contributed by atoms with van der Waals surface area (Å²) in [5.41, 5.74) is 0.440. The van der Waals surface area contributed by atoms with Crippen molar-refractivity contribution >= 4 is 29.3 Å². The Labute approximate surface area is 132 Å². The van der Waals surface area contributed by atoms with E-state index in [9.17, 15) is 18.8 Å². The van der Waals surface area contributed by atoms with E-state index >= 15 is 0 Å². The van der Waals surface area contributed by atoms with Gasteiger partial charge in [0.15, 0.2) is 0 Å². The summed E-state index contributed by atoms with van der Waals surface area (Å²) >= 11 is 0. The average molecular weight is 323 g/mol. The molecule has 0 atom stereocenters. The van der Waals surface area contributed by atoms with E-state index in [1.165, 1.54) is 29.0 Å². The lowest BCUT2D eigenvalue weighted by Crippen LogP contribution is -2.33. The van der Waals surface area contributed by atoms with Gasteiger partial charge in [-0.25, -0.2) is 9.18 Å². The van der Waals surface area contributed by atoms with Gasteiger partial charge in [-0.3, -0.25) is 9.59 Å². The topological polar surface area (TPSA) is 89.9 Å². The van der Waals surface area contributed by atoms with Crippen molar-refractivity contribution < 1.29 is 23.9 Å². The van der Waals surface area contributed by atoms with Crippen molar-refractivity contribution in [2.75, 3.05) is 30.4 Å². The number of hydrogen-bond acceptors (Lipinski definition) is 3. The fourth-order valence-corrected chi connectivity index (χ4v) is 2.29. The van der Waals surface area contributed by atoms with Gasteiger partial charge in [-0.15, -0.1) is 0 Å². The average Bonchev–Trinajstić information content (AvgIpc) is 2.90. The fraction of sp³-hybridized carbons (Fsp3) is 0.400. The van der Waals surface area contributed by atoms with E-state index < -0.39 is 17.8 Å². The van der Waals surface area contributed by atoms with E-state index in [0.29, 0.717) is 19.4 Å². The molecule has 1 aromatic rings. The van der Waals surface area contributed by atoms with Crippen molar-refractivity contribution in [3.8, 4) is 0 Å². The van der Waals surface area contributed by atoms with Crippen LogP contribution in [0.15, 0.2) is 18.2 Å².